The van der Waals surface area contributed by atoms with E-state index in [-0.39, 0.29) is 6.03 Å². The molecule has 2 amide bonds. The van der Waals surface area contributed by atoms with Gasteiger partial charge in [-0.2, -0.15) is 0 Å². The second-order valence-corrected chi connectivity index (χ2v) is 6.70. The van der Waals surface area contributed by atoms with Gasteiger partial charge in [0.25, 0.3) is 0 Å². The quantitative estimate of drug-likeness (QED) is 0.849. The van der Waals surface area contributed by atoms with E-state index in [1.54, 1.807) is 12.4 Å². The Labute approximate surface area is 155 Å². The first-order valence-corrected chi connectivity index (χ1v) is 9.41. The topological polar surface area (TPSA) is 54.5 Å². The van der Waals surface area contributed by atoms with Crippen LogP contribution in [0.25, 0.3) is 0 Å². The average molecular weight is 353 g/mol. The summed E-state index contributed by atoms with van der Waals surface area (Å²) in [4.78, 5) is 18.5. The van der Waals surface area contributed by atoms with Crippen LogP contribution >= 0.6 is 0 Å². The Kier molecular flexibility index (Phi) is 6.47. The number of hydrogen-bond donors (Lipinski definition) is 1. The van der Waals surface area contributed by atoms with E-state index in [9.17, 15) is 4.79 Å². The molecule has 0 saturated carbocycles. The van der Waals surface area contributed by atoms with Gasteiger partial charge in [-0.1, -0.05) is 25.1 Å². The summed E-state index contributed by atoms with van der Waals surface area (Å²) in [6.07, 6.45) is 8.02. The van der Waals surface area contributed by atoms with Crippen molar-refractivity contribution in [2.24, 2.45) is 0 Å². The fraction of sp³-hybridized carbons (Fsp3) is 0.429. The number of carbonyl (C=O) groups is 1. The van der Waals surface area contributed by atoms with Crippen LogP contribution in [0.2, 0.25) is 0 Å². The fourth-order valence-corrected chi connectivity index (χ4v) is 3.33. The van der Waals surface area contributed by atoms with Crippen molar-refractivity contribution in [3.63, 3.8) is 0 Å². The van der Waals surface area contributed by atoms with Gasteiger partial charge in [0.15, 0.2) is 0 Å². The van der Waals surface area contributed by atoms with Gasteiger partial charge in [-0.15, -0.1) is 0 Å². The highest BCUT2D eigenvalue weighted by molar-refractivity contribution is 5.74. The van der Waals surface area contributed by atoms with E-state index in [0.717, 1.165) is 42.7 Å². The van der Waals surface area contributed by atoms with Crippen molar-refractivity contribution in [3.8, 4) is 5.75 Å². The van der Waals surface area contributed by atoms with Gasteiger partial charge in [0, 0.05) is 37.1 Å². The van der Waals surface area contributed by atoms with Gasteiger partial charge >= 0.3 is 6.03 Å². The average Bonchev–Trinajstić information content (AvgIpc) is 2.72. The van der Waals surface area contributed by atoms with E-state index in [1.807, 2.05) is 41.3 Å². The van der Waals surface area contributed by atoms with E-state index in [4.69, 9.17) is 4.74 Å². The summed E-state index contributed by atoms with van der Waals surface area (Å²) >= 11 is 0. The zero-order chi connectivity index (χ0) is 18.2. The van der Waals surface area contributed by atoms with Crippen LogP contribution in [-0.4, -0.2) is 28.5 Å². The highest BCUT2D eigenvalue weighted by atomic mass is 16.5. The van der Waals surface area contributed by atoms with Crippen LogP contribution in [-0.2, 0) is 13.2 Å². The van der Waals surface area contributed by atoms with E-state index < -0.39 is 0 Å². The molecule has 2 heterocycles. The maximum Gasteiger partial charge on any atom is 0.317 e. The number of nitrogens with zero attached hydrogens (tertiary/aromatic N) is 2. The number of carbonyl (C=O) groups excluding carboxylic acids is 1. The molecular weight excluding hydrogens is 326 g/mol. The molecule has 5 nitrogen and oxygen atoms in total. The number of hydrogen-bond acceptors (Lipinski definition) is 3. The Bertz CT molecular complexity index is 688. The largest absolute Gasteiger partial charge is 0.489 e. The number of ether oxygens (including phenoxy) is 1. The summed E-state index contributed by atoms with van der Waals surface area (Å²) < 4.78 is 5.76. The summed E-state index contributed by atoms with van der Waals surface area (Å²) in [6, 6.07) is 12.2. The molecule has 138 valence electrons. The minimum absolute atomic E-state index is 0.0495. The van der Waals surface area contributed by atoms with Crippen molar-refractivity contribution in [1.29, 1.82) is 0 Å². The molecule has 1 saturated heterocycles. The van der Waals surface area contributed by atoms with Crippen molar-refractivity contribution in [2.45, 2.75) is 51.8 Å². The van der Waals surface area contributed by atoms with Crippen LogP contribution in [0, 0.1) is 0 Å². The van der Waals surface area contributed by atoms with Crippen LogP contribution in [0.5, 0.6) is 5.75 Å². The first-order valence-electron chi connectivity index (χ1n) is 9.41. The molecule has 0 radical (unpaired) electrons. The second kappa shape index (κ2) is 9.22. The molecular formula is C21H27N3O2. The molecule has 1 aromatic carbocycles. The minimum atomic E-state index is 0.0495. The van der Waals surface area contributed by atoms with Gasteiger partial charge in [-0.3, -0.25) is 4.98 Å². The monoisotopic (exact) mass is 353 g/mol. The van der Waals surface area contributed by atoms with Crippen molar-refractivity contribution < 1.29 is 9.53 Å². The zero-order valence-corrected chi connectivity index (χ0v) is 15.4. The lowest BCUT2D eigenvalue weighted by Gasteiger charge is -2.35. The zero-order valence-electron chi connectivity index (χ0n) is 15.4. The van der Waals surface area contributed by atoms with Crippen molar-refractivity contribution in [1.82, 2.24) is 15.2 Å². The molecule has 0 aliphatic carbocycles. The Hall–Kier alpha value is -2.56. The van der Waals surface area contributed by atoms with Crippen LogP contribution < -0.4 is 10.1 Å². The maximum atomic E-state index is 12.5. The van der Waals surface area contributed by atoms with Crippen LogP contribution in [0.15, 0.2) is 48.8 Å². The molecule has 1 N–H and O–H groups in total. The molecule has 26 heavy (non-hydrogen) atoms. The molecule has 1 unspecified atom stereocenters. The fourth-order valence-electron chi connectivity index (χ4n) is 3.33. The summed E-state index contributed by atoms with van der Waals surface area (Å²) in [6.45, 7) is 4.05. The number of pyridine rings is 1. The highest BCUT2D eigenvalue weighted by Crippen LogP contribution is 2.19. The van der Waals surface area contributed by atoms with Crippen molar-refractivity contribution in [2.75, 3.05) is 6.54 Å². The third-order valence-electron chi connectivity index (χ3n) is 4.85. The van der Waals surface area contributed by atoms with E-state index in [1.165, 1.54) is 6.42 Å². The third kappa shape index (κ3) is 4.97. The summed E-state index contributed by atoms with van der Waals surface area (Å²) in [5.74, 6) is 0.811. The van der Waals surface area contributed by atoms with Gasteiger partial charge in [0.05, 0.1) is 0 Å². The minimum Gasteiger partial charge on any atom is -0.489 e. The lowest BCUT2D eigenvalue weighted by Crippen LogP contribution is -2.48. The van der Waals surface area contributed by atoms with Crippen LogP contribution in [0.1, 0.15) is 43.7 Å². The maximum absolute atomic E-state index is 12.5. The van der Waals surface area contributed by atoms with E-state index in [0.29, 0.717) is 19.2 Å². The van der Waals surface area contributed by atoms with Gasteiger partial charge in [-0.25, -0.2) is 4.79 Å². The molecule has 1 aliphatic rings. The molecule has 0 bridgehead atoms. The summed E-state index contributed by atoms with van der Waals surface area (Å²) in [7, 11) is 0. The predicted octanol–water partition coefficient (Wildman–Crippen LogP) is 4.13. The predicted molar refractivity (Wildman–Crippen MR) is 102 cm³/mol. The Balaban J connectivity index is 1.47. The first kappa shape index (κ1) is 18.2. The number of rotatable bonds is 6. The van der Waals surface area contributed by atoms with Gasteiger partial charge in [0.2, 0.25) is 0 Å². The van der Waals surface area contributed by atoms with Gasteiger partial charge < -0.3 is 15.0 Å². The summed E-state index contributed by atoms with van der Waals surface area (Å²) in [5, 5.41) is 3.05. The molecule has 1 aromatic heterocycles. The smallest absolute Gasteiger partial charge is 0.317 e. The van der Waals surface area contributed by atoms with Crippen LogP contribution in [0.3, 0.4) is 0 Å². The number of aromatic nitrogens is 1. The number of likely N-dealkylation sites (tertiary alicyclic amines) is 1. The molecule has 5 heteroatoms. The van der Waals surface area contributed by atoms with Crippen molar-refractivity contribution >= 4 is 6.03 Å². The van der Waals surface area contributed by atoms with Crippen LogP contribution in [0.4, 0.5) is 4.79 Å². The van der Waals surface area contributed by atoms with Crippen molar-refractivity contribution in [3.05, 3.63) is 59.9 Å². The standard InChI is InChI=1S/C21H27N3O2/c1-2-19-7-3-4-13-24(19)21(25)23-15-17-8-10-20(11-9-17)26-16-18-6-5-12-22-14-18/h5-6,8-12,14,19H,2-4,7,13,15-16H2,1H3,(H,23,25). The Morgan fingerprint density at radius 1 is 1.23 bits per heavy atom. The summed E-state index contributed by atoms with van der Waals surface area (Å²) in [5.41, 5.74) is 2.10. The van der Waals surface area contributed by atoms with Gasteiger partial charge in [-0.05, 0) is 49.4 Å². The molecule has 1 fully saturated rings. The Morgan fingerprint density at radius 3 is 2.81 bits per heavy atom. The highest BCUT2D eigenvalue weighted by Gasteiger charge is 2.24. The number of nitrogens with one attached hydrogen (secondary N) is 1. The van der Waals surface area contributed by atoms with E-state index in [2.05, 4.69) is 17.2 Å². The molecule has 2 aromatic rings. The third-order valence-corrected chi connectivity index (χ3v) is 4.85. The Morgan fingerprint density at radius 2 is 2.08 bits per heavy atom. The first-order chi connectivity index (χ1) is 12.8. The number of urea groups is 1. The molecule has 1 atom stereocenters. The number of benzene rings is 1. The normalized spacial score (nSPS) is 17.0. The second-order valence-electron chi connectivity index (χ2n) is 6.70. The lowest BCUT2D eigenvalue weighted by molar-refractivity contribution is 0.148. The number of piperidine rings is 1. The lowest BCUT2D eigenvalue weighted by atomic mass is 10.0. The molecule has 3 rings (SSSR count). The van der Waals surface area contributed by atoms with Gasteiger partial charge in [0.1, 0.15) is 12.4 Å². The number of amides is 2. The SMILES string of the molecule is CCC1CCCCN1C(=O)NCc1ccc(OCc2cccnc2)cc1. The molecule has 1 aliphatic heterocycles. The molecule has 0 spiro atoms. The van der Waals surface area contributed by atoms with E-state index >= 15 is 0 Å².